The average molecular weight is 483 g/mol. The molecule has 6 heteroatoms. The molecule has 4 rings (SSSR count). The lowest BCUT2D eigenvalue weighted by atomic mass is 9.95. The van der Waals surface area contributed by atoms with Crippen LogP contribution >= 0.6 is 27.5 Å². The molecule has 1 aliphatic heterocycles. The lowest BCUT2D eigenvalue weighted by molar-refractivity contribution is -0.132. The minimum Gasteiger partial charge on any atom is -0.507 e. The highest BCUT2D eigenvalue weighted by molar-refractivity contribution is 9.10. The van der Waals surface area contributed by atoms with Gasteiger partial charge in [-0.15, -0.1) is 0 Å². The van der Waals surface area contributed by atoms with Gasteiger partial charge in [-0.2, -0.15) is 0 Å². The topological polar surface area (TPSA) is 57.6 Å². The number of hydrogen-bond acceptors (Lipinski definition) is 3. The molecular formula is C24H17BrClNO3. The van der Waals surface area contributed by atoms with Crippen LogP contribution in [0.3, 0.4) is 0 Å². The van der Waals surface area contributed by atoms with Crippen molar-refractivity contribution in [2.24, 2.45) is 0 Å². The highest BCUT2D eigenvalue weighted by Crippen LogP contribution is 2.43. The summed E-state index contributed by atoms with van der Waals surface area (Å²) < 4.78 is 0.865. The van der Waals surface area contributed by atoms with E-state index >= 15 is 0 Å². The van der Waals surface area contributed by atoms with Crippen LogP contribution in [0.4, 0.5) is 5.69 Å². The zero-order valence-electron chi connectivity index (χ0n) is 16.0. The van der Waals surface area contributed by atoms with Gasteiger partial charge in [0, 0.05) is 20.7 Å². The summed E-state index contributed by atoms with van der Waals surface area (Å²) in [6, 6.07) is 20.5. The maximum atomic E-state index is 13.1. The van der Waals surface area contributed by atoms with Crippen LogP contribution in [0.15, 0.2) is 82.8 Å². The van der Waals surface area contributed by atoms with Gasteiger partial charge in [-0.1, -0.05) is 76.1 Å². The Morgan fingerprint density at radius 3 is 2.30 bits per heavy atom. The van der Waals surface area contributed by atoms with Crippen LogP contribution in [-0.4, -0.2) is 16.8 Å². The molecule has 1 unspecified atom stereocenters. The van der Waals surface area contributed by atoms with Gasteiger partial charge in [0.2, 0.25) is 0 Å². The van der Waals surface area contributed by atoms with E-state index < -0.39 is 17.7 Å². The van der Waals surface area contributed by atoms with E-state index in [2.05, 4.69) is 15.9 Å². The van der Waals surface area contributed by atoms with Crippen LogP contribution in [-0.2, 0) is 9.59 Å². The number of hydrogen-bond donors (Lipinski definition) is 1. The molecular weight excluding hydrogens is 466 g/mol. The number of Topliss-reactive ketones (excluding diaryl/α,β-unsaturated/α-hetero) is 1. The maximum Gasteiger partial charge on any atom is 0.300 e. The van der Waals surface area contributed by atoms with Gasteiger partial charge in [0.1, 0.15) is 5.76 Å². The number of amides is 1. The van der Waals surface area contributed by atoms with Crippen LogP contribution < -0.4 is 4.90 Å². The Hall–Kier alpha value is -2.89. The van der Waals surface area contributed by atoms with Crippen molar-refractivity contribution in [1.29, 1.82) is 0 Å². The Morgan fingerprint density at radius 2 is 1.67 bits per heavy atom. The van der Waals surface area contributed by atoms with Crippen molar-refractivity contribution < 1.29 is 14.7 Å². The summed E-state index contributed by atoms with van der Waals surface area (Å²) in [5, 5.41) is 11.5. The molecule has 30 heavy (non-hydrogen) atoms. The molecule has 150 valence electrons. The quantitative estimate of drug-likeness (QED) is 0.281. The number of carbonyl (C=O) groups is 2. The number of benzene rings is 3. The third-order valence-electron chi connectivity index (χ3n) is 5.11. The van der Waals surface area contributed by atoms with E-state index in [1.54, 1.807) is 42.5 Å². The fourth-order valence-corrected chi connectivity index (χ4v) is 3.98. The minimum atomic E-state index is -0.780. The molecule has 0 radical (unpaired) electrons. The molecule has 4 nitrogen and oxygen atoms in total. The number of aliphatic hydroxyl groups is 1. The molecule has 0 spiro atoms. The highest BCUT2D eigenvalue weighted by Gasteiger charge is 2.47. The Balaban J connectivity index is 1.95. The lowest BCUT2D eigenvalue weighted by Gasteiger charge is -2.26. The molecule has 1 heterocycles. The number of carbonyl (C=O) groups excluding carboxylic acids is 2. The molecule has 1 atom stereocenters. The van der Waals surface area contributed by atoms with Crippen LogP contribution in [0, 0.1) is 6.92 Å². The summed E-state index contributed by atoms with van der Waals surface area (Å²) in [5.41, 5.74) is 2.57. The number of anilines is 1. The van der Waals surface area contributed by atoms with E-state index in [0.717, 1.165) is 10.0 Å². The summed E-state index contributed by atoms with van der Waals surface area (Å²) in [4.78, 5) is 27.5. The average Bonchev–Trinajstić information content (AvgIpc) is 3.01. The first-order chi connectivity index (χ1) is 14.4. The van der Waals surface area contributed by atoms with Gasteiger partial charge in [0.25, 0.3) is 11.7 Å². The van der Waals surface area contributed by atoms with Gasteiger partial charge in [0.15, 0.2) is 0 Å². The molecule has 3 aromatic rings. The fourth-order valence-electron chi connectivity index (χ4n) is 3.54. The van der Waals surface area contributed by atoms with E-state index in [4.69, 9.17) is 11.6 Å². The SMILES string of the molecule is Cc1ccc(N2C(=O)C(=O)/C(=C(/O)c3ccccc3)C2c2ccc(Br)cc2)cc1Cl. The van der Waals surface area contributed by atoms with Crippen molar-refractivity contribution in [2.45, 2.75) is 13.0 Å². The molecule has 1 N–H and O–H groups in total. The first kappa shape index (κ1) is 20.4. The molecule has 1 amide bonds. The predicted octanol–water partition coefficient (Wildman–Crippen LogP) is 6.04. The van der Waals surface area contributed by atoms with E-state index in [1.165, 1.54) is 4.90 Å². The second-order valence-electron chi connectivity index (χ2n) is 7.02. The van der Waals surface area contributed by atoms with Gasteiger partial charge in [-0.3, -0.25) is 14.5 Å². The molecule has 0 aromatic heterocycles. The third-order valence-corrected chi connectivity index (χ3v) is 6.05. The van der Waals surface area contributed by atoms with Crippen molar-refractivity contribution in [2.75, 3.05) is 4.90 Å². The van der Waals surface area contributed by atoms with Gasteiger partial charge in [-0.25, -0.2) is 0 Å². The smallest absolute Gasteiger partial charge is 0.300 e. The van der Waals surface area contributed by atoms with Gasteiger partial charge in [-0.05, 0) is 42.3 Å². The molecule has 0 bridgehead atoms. The van der Waals surface area contributed by atoms with Crippen LogP contribution in [0.2, 0.25) is 5.02 Å². The van der Waals surface area contributed by atoms with Crippen molar-refractivity contribution >= 4 is 50.7 Å². The van der Waals surface area contributed by atoms with Crippen molar-refractivity contribution in [3.8, 4) is 0 Å². The molecule has 3 aromatic carbocycles. The number of rotatable bonds is 3. The van der Waals surface area contributed by atoms with E-state index in [1.807, 2.05) is 37.3 Å². The number of aryl methyl sites for hydroxylation is 1. The summed E-state index contributed by atoms with van der Waals surface area (Å²) >= 11 is 9.70. The van der Waals surface area contributed by atoms with Gasteiger partial charge >= 0.3 is 0 Å². The van der Waals surface area contributed by atoms with E-state index in [-0.39, 0.29) is 11.3 Å². The number of aliphatic hydroxyl groups excluding tert-OH is 1. The highest BCUT2D eigenvalue weighted by atomic mass is 79.9. The third kappa shape index (κ3) is 3.55. The standard InChI is InChI=1S/C24H17BrClNO3/c1-14-7-12-18(13-19(14)26)27-21(15-8-10-17(25)11-9-15)20(23(29)24(27)30)22(28)16-5-3-2-4-6-16/h2-13,21,28H,1H3/b22-20+. The minimum absolute atomic E-state index is 0.0465. The van der Waals surface area contributed by atoms with E-state index in [0.29, 0.717) is 21.8 Å². The summed E-state index contributed by atoms with van der Waals surface area (Å²) in [7, 11) is 0. The van der Waals surface area contributed by atoms with E-state index in [9.17, 15) is 14.7 Å². The maximum absolute atomic E-state index is 13.1. The Kier molecular flexibility index (Phi) is 5.50. The van der Waals surface area contributed by atoms with Crippen molar-refractivity contribution in [1.82, 2.24) is 0 Å². The van der Waals surface area contributed by atoms with Gasteiger partial charge < -0.3 is 5.11 Å². The molecule has 0 aliphatic carbocycles. The second-order valence-corrected chi connectivity index (χ2v) is 8.34. The van der Waals surface area contributed by atoms with Crippen LogP contribution in [0.5, 0.6) is 0 Å². The van der Waals surface area contributed by atoms with Crippen molar-refractivity contribution in [3.63, 3.8) is 0 Å². The predicted molar refractivity (Wildman–Crippen MR) is 122 cm³/mol. The summed E-state index contributed by atoms with van der Waals surface area (Å²) in [5.74, 6) is -1.65. The monoisotopic (exact) mass is 481 g/mol. The van der Waals surface area contributed by atoms with Crippen molar-refractivity contribution in [3.05, 3.63) is 105 Å². The lowest BCUT2D eigenvalue weighted by Crippen LogP contribution is -2.29. The Morgan fingerprint density at radius 1 is 1.00 bits per heavy atom. The molecule has 1 fully saturated rings. The zero-order chi connectivity index (χ0) is 21.4. The molecule has 0 saturated carbocycles. The number of halogens is 2. The molecule has 1 saturated heterocycles. The first-order valence-electron chi connectivity index (χ1n) is 9.26. The molecule has 1 aliphatic rings. The Bertz CT molecular complexity index is 1170. The first-order valence-corrected chi connectivity index (χ1v) is 10.4. The Labute approximate surface area is 187 Å². The van der Waals surface area contributed by atoms with Gasteiger partial charge in [0.05, 0.1) is 11.6 Å². The summed E-state index contributed by atoms with van der Waals surface area (Å²) in [6.45, 7) is 1.86. The number of ketones is 1. The summed E-state index contributed by atoms with van der Waals surface area (Å²) in [6.07, 6.45) is 0. The van der Waals surface area contributed by atoms with Crippen LogP contribution in [0.25, 0.3) is 5.76 Å². The van der Waals surface area contributed by atoms with Crippen LogP contribution in [0.1, 0.15) is 22.7 Å². The normalized spacial score (nSPS) is 18.1. The fraction of sp³-hybridized carbons (Fsp3) is 0.0833. The largest absolute Gasteiger partial charge is 0.507 e. The number of nitrogens with zero attached hydrogens (tertiary/aromatic N) is 1. The zero-order valence-corrected chi connectivity index (χ0v) is 18.3. The second kappa shape index (κ2) is 8.09.